The smallest absolute Gasteiger partial charge is 0.419 e. The molecule has 1 aromatic carbocycles. The molecule has 0 radical (unpaired) electrons. The average Bonchev–Trinajstić information content (AvgIpc) is 2.65. The van der Waals surface area contributed by atoms with Crippen molar-refractivity contribution in [3.05, 3.63) is 34.4 Å². The number of carbonyl (C=O) groups excluding carboxylic acids is 1. The molecule has 5 nitrogen and oxygen atoms in total. The van der Waals surface area contributed by atoms with Crippen LogP contribution < -0.4 is 0 Å². The minimum Gasteiger partial charge on any atom is -0.477 e. The monoisotopic (exact) mass is 339 g/mol. The quantitative estimate of drug-likeness (QED) is 0.855. The molecule has 2 rings (SSSR count). The summed E-state index contributed by atoms with van der Waals surface area (Å²) in [4.78, 5) is 23.5. The van der Waals surface area contributed by atoms with Crippen LogP contribution in [0.15, 0.2) is 28.7 Å². The third kappa shape index (κ3) is 2.85. The Balaban J connectivity index is 2.65. The molecule has 1 aromatic heterocycles. The van der Waals surface area contributed by atoms with Gasteiger partial charge in [-0.15, -0.1) is 0 Å². The van der Waals surface area contributed by atoms with Gasteiger partial charge < -0.3 is 9.84 Å². The van der Waals surface area contributed by atoms with E-state index in [1.165, 1.54) is 6.07 Å². The van der Waals surface area contributed by atoms with Gasteiger partial charge in [0, 0.05) is 9.86 Å². The number of carbonyl (C=O) groups is 2. The lowest BCUT2D eigenvalue weighted by Crippen LogP contribution is -2.28. The van der Waals surface area contributed by atoms with Crippen molar-refractivity contribution in [2.45, 2.75) is 26.4 Å². The van der Waals surface area contributed by atoms with E-state index in [2.05, 4.69) is 15.9 Å². The normalized spacial score (nSPS) is 11.6. The molecule has 0 amide bonds. The number of hydrogen-bond acceptors (Lipinski definition) is 3. The summed E-state index contributed by atoms with van der Waals surface area (Å²) in [6.45, 7) is 5.19. The van der Waals surface area contributed by atoms with Crippen molar-refractivity contribution < 1.29 is 19.4 Å². The lowest BCUT2D eigenvalue weighted by atomic mass is 10.2. The van der Waals surface area contributed by atoms with Crippen LogP contribution in [0.2, 0.25) is 0 Å². The summed E-state index contributed by atoms with van der Waals surface area (Å²) in [6, 6.07) is 6.67. The van der Waals surface area contributed by atoms with Gasteiger partial charge in [-0.1, -0.05) is 22.0 Å². The Labute approximate surface area is 124 Å². The van der Waals surface area contributed by atoms with Gasteiger partial charge in [0.15, 0.2) is 0 Å². The van der Waals surface area contributed by atoms with Crippen LogP contribution in [0.4, 0.5) is 4.79 Å². The van der Waals surface area contributed by atoms with E-state index in [4.69, 9.17) is 4.74 Å². The molecule has 20 heavy (non-hydrogen) atoms. The van der Waals surface area contributed by atoms with Crippen molar-refractivity contribution in [3.8, 4) is 0 Å². The van der Waals surface area contributed by atoms with Crippen LogP contribution in [0.1, 0.15) is 31.3 Å². The van der Waals surface area contributed by atoms with Gasteiger partial charge in [0.05, 0.1) is 5.52 Å². The molecule has 0 fully saturated rings. The van der Waals surface area contributed by atoms with Crippen LogP contribution in [0.25, 0.3) is 10.9 Å². The average molecular weight is 340 g/mol. The van der Waals surface area contributed by atoms with Crippen LogP contribution in [0, 0.1) is 0 Å². The summed E-state index contributed by atoms with van der Waals surface area (Å²) in [7, 11) is 0. The molecule has 0 aliphatic heterocycles. The highest BCUT2D eigenvalue weighted by Crippen LogP contribution is 2.25. The number of rotatable bonds is 1. The topological polar surface area (TPSA) is 68.5 Å². The van der Waals surface area contributed by atoms with Gasteiger partial charge in [0.25, 0.3) is 0 Å². The fraction of sp³-hybridized carbons (Fsp3) is 0.286. The molecule has 0 saturated heterocycles. The number of benzene rings is 1. The highest BCUT2D eigenvalue weighted by atomic mass is 79.9. The number of aromatic carboxylic acids is 1. The number of carboxylic acid groups (broad SMARTS) is 1. The number of nitrogens with zero attached hydrogens (tertiary/aromatic N) is 1. The van der Waals surface area contributed by atoms with Gasteiger partial charge in [0.1, 0.15) is 11.3 Å². The summed E-state index contributed by atoms with van der Waals surface area (Å²) in [5.41, 5.74) is -0.325. The first kappa shape index (κ1) is 14.6. The Morgan fingerprint density at radius 3 is 2.45 bits per heavy atom. The molecular weight excluding hydrogens is 326 g/mol. The van der Waals surface area contributed by atoms with E-state index >= 15 is 0 Å². The summed E-state index contributed by atoms with van der Waals surface area (Å²) in [5, 5.41) is 9.91. The highest BCUT2D eigenvalue weighted by molar-refractivity contribution is 9.10. The fourth-order valence-corrected chi connectivity index (χ4v) is 2.18. The van der Waals surface area contributed by atoms with E-state index in [1.54, 1.807) is 39.0 Å². The van der Waals surface area contributed by atoms with Crippen molar-refractivity contribution in [2.24, 2.45) is 0 Å². The maximum Gasteiger partial charge on any atom is 0.419 e. The molecule has 1 N–H and O–H groups in total. The summed E-state index contributed by atoms with van der Waals surface area (Å²) in [6.07, 6.45) is -0.706. The molecule has 0 aliphatic rings. The van der Waals surface area contributed by atoms with Crippen molar-refractivity contribution >= 4 is 38.9 Å². The number of carboxylic acids is 1. The highest BCUT2D eigenvalue weighted by Gasteiger charge is 2.24. The molecule has 0 spiro atoms. The van der Waals surface area contributed by atoms with Crippen LogP contribution in [0.3, 0.4) is 0 Å². The molecule has 2 aromatic rings. The molecule has 1 heterocycles. The summed E-state index contributed by atoms with van der Waals surface area (Å²) < 4.78 is 7.10. The molecular formula is C14H14BrNO4. The second-order valence-electron chi connectivity index (χ2n) is 5.35. The molecule has 0 unspecified atom stereocenters. The third-order valence-electron chi connectivity index (χ3n) is 2.56. The maximum absolute atomic E-state index is 12.2. The fourth-order valence-electron chi connectivity index (χ4n) is 1.84. The standard InChI is InChI=1S/C14H14BrNO4/c1-14(2,3)20-13(19)16-10-7-9(15)5-4-8(10)6-11(16)12(17)18/h4-7H,1-3H3,(H,17,18). The minimum absolute atomic E-state index is 0.118. The predicted octanol–water partition coefficient (Wildman–Crippen LogP) is 3.89. The molecule has 0 bridgehead atoms. The van der Waals surface area contributed by atoms with Gasteiger partial charge in [-0.05, 0) is 39.0 Å². The van der Waals surface area contributed by atoms with Crippen molar-refractivity contribution in [3.63, 3.8) is 0 Å². The second kappa shape index (κ2) is 4.94. The molecule has 0 saturated carbocycles. The summed E-state index contributed by atoms with van der Waals surface area (Å²) >= 11 is 3.31. The first-order chi connectivity index (χ1) is 9.19. The molecule has 6 heteroatoms. The Morgan fingerprint density at radius 2 is 1.90 bits per heavy atom. The van der Waals surface area contributed by atoms with Crippen LogP contribution in [-0.2, 0) is 4.74 Å². The molecule has 0 aliphatic carbocycles. The number of ether oxygens (including phenoxy) is 1. The SMILES string of the molecule is CC(C)(C)OC(=O)n1c(C(=O)O)cc2ccc(Br)cc21. The van der Waals surface area contributed by atoms with Gasteiger partial charge in [-0.3, -0.25) is 0 Å². The molecule has 0 atom stereocenters. The van der Waals surface area contributed by atoms with Gasteiger partial charge >= 0.3 is 12.1 Å². The van der Waals surface area contributed by atoms with Crippen LogP contribution >= 0.6 is 15.9 Å². The second-order valence-corrected chi connectivity index (χ2v) is 6.27. The maximum atomic E-state index is 12.2. The first-order valence-corrected chi connectivity index (χ1v) is 6.76. The van der Waals surface area contributed by atoms with Crippen molar-refractivity contribution in [1.29, 1.82) is 0 Å². The number of hydrogen-bond donors (Lipinski definition) is 1. The van der Waals surface area contributed by atoms with E-state index in [0.717, 1.165) is 9.04 Å². The van der Waals surface area contributed by atoms with E-state index < -0.39 is 17.7 Å². The lowest BCUT2D eigenvalue weighted by Gasteiger charge is -2.20. The Morgan fingerprint density at radius 1 is 1.25 bits per heavy atom. The predicted molar refractivity (Wildman–Crippen MR) is 78.2 cm³/mol. The van der Waals surface area contributed by atoms with E-state index in [-0.39, 0.29) is 5.69 Å². The lowest BCUT2D eigenvalue weighted by molar-refractivity contribution is 0.0513. The van der Waals surface area contributed by atoms with E-state index in [1.807, 2.05) is 0 Å². The Kier molecular flexibility index (Phi) is 3.60. The number of halogens is 1. The van der Waals surface area contributed by atoms with E-state index in [9.17, 15) is 14.7 Å². The van der Waals surface area contributed by atoms with Crippen LogP contribution in [-0.4, -0.2) is 27.3 Å². The van der Waals surface area contributed by atoms with Crippen molar-refractivity contribution in [1.82, 2.24) is 4.57 Å². The zero-order chi connectivity index (χ0) is 15.1. The van der Waals surface area contributed by atoms with Crippen LogP contribution in [0.5, 0.6) is 0 Å². The third-order valence-corrected chi connectivity index (χ3v) is 3.05. The number of aromatic nitrogens is 1. The zero-order valence-electron chi connectivity index (χ0n) is 11.3. The number of fused-ring (bicyclic) bond motifs is 1. The zero-order valence-corrected chi connectivity index (χ0v) is 12.9. The van der Waals surface area contributed by atoms with Gasteiger partial charge in [0.2, 0.25) is 0 Å². The Hall–Kier alpha value is -1.82. The van der Waals surface area contributed by atoms with Crippen molar-refractivity contribution in [2.75, 3.05) is 0 Å². The summed E-state index contributed by atoms with van der Waals surface area (Å²) in [5.74, 6) is -1.18. The van der Waals surface area contributed by atoms with Gasteiger partial charge in [-0.2, -0.15) is 0 Å². The minimum atomic E-state index is -1.18. The largest absolute Gasteiger partial charge is 0.477 e. The Bertz CT molecular complexity index is 697. The van der Waals surface area contributed by atoms with Gasteiger partial charge in [-0.25, -0.2) is 14.2 Å². The first-order valence-electron chi connectivity index (χ1n) is 5.97. The molecule has 106 valence electrons. The van der Waals surface area contributed by atoms with E-state index in [0.29, 0.717) is 10.9 Å².